The molecule has 0 spiro atoms. The number of nitrogens with zero attached hydrogens (tertiary/aromatic N) is 2. The van der Waals surface area contributed by atoms with Gasteiger partial charge in [-0.3, -0.25) is 9.59 Å². The van der Waals surface area contributed by atoms with Crippen molar-refractivity contribution in [2.45, 2.75) is 31.8 Å². The Morgan fingerprint density at radius 2 is 1.79 bits per heavy atom. The number of carbonyl (C=O) groups is 1. The predicted molar refractivity (Wildman–Crippen MR) is 133 cm³/mol. The van der Waals surface area contributed by atoms with Crippen LogP contribution in [0.15, 0.2) is 53.3 Å². The zero-order valence-electron chi connectivity index (χ0n) is 18.3. The van der Waals surface area contributed by atoms with Crippen molar-refractivity contribution in [2.24, 2.45) is 0 Å². The van der Waals surface area contributed by atoms with E-state index in [4.69, 9.17) is 10.00 Å². The number of rotatable bonds is 6. The lowest BCUT2D eigenvalue weighted by Crippen LogP contribution is -2.20. The van der Waals surface area contributed by atoms with Crippen LogP contribution in [0, 0.1) is 25.2 Å². The number of carbonyl (C=O) groups excluding carboxylic acids is 1. The Labute approximate surface area is 199 Å². The fourth-order valence-electron chi connectivity index (χ4n) is 3.29. The van der Waals surface area contributed by atoms with Crippen molar-refractivity contribution >= 4 is 39.3 Å². The molecule has 2 aromatic carbocycles. The lowest BCUT2D eigenvalue weighted by atomic mass is 10.0. The highest BCUT2D eigenvalue weighted by Crippen LogP contribution is 2.27. The molecular weight excluding hydrogens is 454 g/mol. The second-order valence-corrected chi connectivity index (χ2v) is 10.1. The molecule has 4 rings (SSSR count). The number of aryl methyl sites for hydroxylation is 2. The van der Waals surface area contributed by atoms with Gasteiger partial charge in [0.15, 0.2) is 0 Å². The van der Waals surface area contributed by atoms with Crippen LogP contribution in [0.2, 0.25) is 0 Å². The number of H-pyrrole nitrogens is 1. The van der Waals surface area contributed by atoms with Gasteiger partial charge >= 0.3 is 5.97 Å². The fraction of sp³-hybridized carbons (Fsp3) is 0.200. The summed E-state index contributed by atoms with van der Waals surface area (Å²) in [6, 6.07) is 16.6. The molecule has 0 aliphatic rings. The Kier molecular flexibility index (Phi) is 6.63. The van der Waals surface area contributed by atoms with Crippen LogP contribution in [-0.4, -0.2) is 21.2 Å². The number of thioether (sulfide) groups is 1. The van der Waals surface area contributed by atoms with Crippen LogP contribution in [0.4, 0.5) is 0 Å². The zero-order valence-corrected chi connectivity index (χ0v) is 20.0. The topological polar surface area (TPSA) is 95.8 Å². The van der Waals surface area contributed by atoms with Crippen molar-refractivity contribution in [3.8, 4) is 22.9 Å². The summed E-state index contributed by atoms with van der Waals surface area (Å²) in [5.74, 6) is 1.04. The van der Waals surface area contributed by atoms with E-state index in [0.717, 1.165) is 26.4 Å². The third-order valence-electron chi connectivity index (χ3n) is 5.31. The highest BCUT2D eigenvalue weighted by atomic mass is 32.2. The van der Waals surface area contributed by atoms with Crippen LogP contribution in [0.3, 0.4) is 0 Å². The second-order valence-electron chi connectivity index (χ2n) is 7.56. The number of hydrogen-bond acceptors (Lipinski definition) is 7. The first kappa shape index (κ1) is 22.8. The van der Waals surface area contributed by atoms with E-state index in [1.807, 2.05) is 38.1 Å². The predicted octanol–water partition coefficient (Wildman–Crippen LogP) is 5.37. The molecule has 0 saturated carbocycles. The highest BCUT2D eigenvalue weighted by Gasteiger charge is 2.18. The van der Waals surface area contributed by atoms with Crippen LogP contribution in [0.25, 0.3) is 21.3 Å². The number of thiophene rings is 1. The maximum atomic E-state index is 12.5. The van der Waals surface area contributed by atoms with Crippen LogP contribution in [-0.2, 0) is 10.5 Å². The molecule has 0 aliphatic carbocycles. The maximum Gasteiger partial charge on any atom is 0.324 e. The van der Waals surface area contributed by atoms with Crippen LogP contribution >= 0.6 is 23.1 Å². The van der Waals surface area contributed by atoms with Crippen molar-refractivity contribution in [1.82, 2.24) is 9.97 Å². The molecule has 2 aromatic heterocycles. The van der Waals surface area contributed by atoms with Gasteiger partial charge in [0.2, 0.25) is 0 Å². The summed E-state index contributed by atoms with van der Waals surface area (Å²) in [7, 11) is 0. The first-order valence-electron chi connectivity index (χ1n) is 10.3. The van der Waals surface area contributed by atoms with Gasteiger partial charge in [0.25, 0.3) is 5.56 Å². The maximum absolute atomic E-state index is 12.5. The summed E-state index contributed by atoms with van der Waals surface area (Å²) in [6.45, 7) is 5.67. The molecule has 1 unspecified atom stereocenters. The number of esters is 1. The Balaban J connectivity index is 1.37. The largest absolute Gasteiger partial charge is 0.426 e. The van der Waals surface area contributed by atoms with Crippen molar-refractivity contribution in [2.75, 3.05) is 0 Å². The third kappa shape index (κ3) is 5.00. The van der Waals surface area contributed by atoms with Gasteiger partial charge in [-0.2, -0.15) is 5.26 Å². The van der Waals surface area contributed by atoms with Gasteiger partial charge in [0, 0.05) is 4.88 Å². The lowest BCUT2D eigenvalue weighted by Gasteiger charge is -2.11. The molecular formula is C25H21N3O3S2. The fourth-order valence-corrected chi connectivity index (χ4v) is 5.07. The van der Waals surface area contributed by atoms with Crippen molar-refractivity contribution in [3.05, 3.63) is 80.7 Å². The van der Waals surface area contributed by atoms with Crippen molar-refractivity contribution < 1.29 is 9.53 Å². The van der Waals surface area contributed by atoms with Crippen LogP contribution in [0.5, 0.6) is 5.75 Å². The van der Waals surface area contributed by atoms with Crippen molar-refractivity contribution in [1.29, 1.82) is 5.26 Å². The third-order valence-corrected chi connectivity index (χ3v) is 7.54. The molecule has 8 heteroatoms. The highest BCUT2D eigenvalue weighted by molar-refractivity contribution is 7.99. The molecule has 2 heterocycles. The Morgan fingerprint density at radius 3 is 2.42 bits per heavy atom. The van der Waals surface area contributed by atoms with E-state index in [2.05, 4.69) is 16.0 Å². The van der Waals surface area contributed by atoms with Crippen molar-refractivity contribution in [3.63, 3.8) is 0 Å². The Morgan fingerprint density at radius 1 is 1.15 bits per heavy atom. The molecule has 0 bridgehead atoms. The van der Waals surface area contributed by atoms with Crippen LogP contribution < -0.4 is 10.3 Å². The average Bonchev–Trinajstić information content (AvgIpc) is 3.11. The molecule has 1 atom stereocenters. The molecule has 0 aliphatic heterocycles. The quantitative estimate of drug-likeness (QED) is 0.298. The van der Waals surface area contributed by atoms with E-state index in [1.54, 1.807) is 31.2 Å². The van der Waals surface area contributed by atoms with Gasteiger partial charge in [-0.15, -0.1) is 23.1 Å². The minimum absolute atomic E-state index is 0.143. The average molecular weight is 476 g/mol. The molecule has 0 fully saturated rings. The Hall–Kier alpha value is -3.41. The molecule has 6 nitrogen and oxygen atoms in total. The minimum Gasteiger partial charge on any atom is -0.426 e. The standard InChI is InChI=1S/C25H21N3O3S2/c1-14-15(2)33-24-22(14)23(29)27-21(28-24)13-32-16(3)25(30)31-20-10-8-19(9-11-20)18-6-4-17(12-26)5-7-18/h4-11,16H,13H2,1-3H3,(H,27,28,29). The molecule has 166 valence electrons. The molecule has 0 amide bonds. The summed E-state index contributed by atoms with van der Waals surface area (Å²) < 4.78 is 5.51. The molecule has 33 heavy (non-hydrogen) atoms. The van der Waals surface area contributed by atoms with Gasteiger partial charge in [-0.05, 0) is 61.7 Å². The normalized spacial score (nSPS) is 11.8. The number of nitrogens with one attached hydrogen (secondary N) is 1. The van der Waals surface area contributed by atoms with Crippen LogP contribution in [0.1, 0.15) is 28.8 Å². The number of aromatic nitrogens is 2. The van der Waals surface area contributed by atoms with Gasteiger partial charge in [-0.25, -0.2) is 4.98 Å². The SMILES string of the molecule is Cc1sc2nc(CSC(C)C(=O)Oc3ccc(-c4ccc(C#N)cc4)cc3)[nH]c(=O)c2c1C. The number of fused-ring (bicyclic) bond motifs is 1. The monoisotopic (exact) mass is 475 g/mol. The van der Waals surface area contributed by atoms with E-state index >= 15 is 0 Å². The summed E-state index contributed by atoms with van der Waals surface area (Å²) in [4.78, 5) is 34.1. The second kappa shape index (κ2) is 9.61. The van der Waals surface area contributed by atoms with E-state index in [-0.39, 0.29) is 11.5 Å². The molecule has 4 aromatic rings. The van der Waals surface area contributed by atoms with Gasteiger partial charge < -0.3 is 9.72 Å². The number of nitriles is 1. The summed E-state index contributed by atoms with van der Waals surface area (Å²) in [5.41, 5.74) is 3.37. The van der Waals surface area contributed by atoms with E-state index in [0.29, 0.717) is 28.3 Å². The van der Waals surface area contributed by atoms with Gasteiger partial charge in [0.1, 0.15) is 21.7 Å². The van der Waals surface area contributed by atoms with E-state index in [9.17, 15) is 9.59 Å². The zero-order chi connectivity index (χ0) is 23.5. The van der Waals surface area contributed by atoms with Gasteiger partial charge in [-0.1, -0.05) is 24.3 Å². The number of benzene rings is 2. The summed E-state index contributed by atoms with van der Waals surface area (Å²) in [6.07, 6.45) is 0. The lowest BCUT2D eigenvalue weighted by molar-refractivity contribution is -0.133. The number of ether oxygens (including phenoxy) is 1. The smallest absolute Gasteiger partial charge is 0.324 e. The Bertz CT molecular complexity index is 1420. The van der Waals surface area contributed by atoms with E-state index in [1.165, 1.54) is 23.1 Å². The summed E-state index contributed by atoms with van der Waals surface area (Å²) >= 11 is 2.86. The molecule has 1 N–H and O–H groups in total. The molecule has 0 saturated heterocycles. The molecule has 0 radical (unpaired) electrons. The first-order valence-corrected chi connectivity index (χ1v) is 12.1. The minimum atomic E-state index is -0.434. The van der Waals surface area contributed by atoms with Gasteiger partial charge in [0.05, 0.1) is 22.8 Å². The number of aromatic amines is 1. The first-order chi connectivity index (χ1) is 15.9. The number of hydrogen-bond donors (Lipinski definition) is 1. The van der Waals surface area contributed by atoms with E-state index < -0.39 is 5.25 Å². The summed E-state index contributed by atoms with van der Waals surface area (Å²) in [5, 5.41) is 9.12.